The van der Waals surface area contributed by atoms with Gasteiger partial charge in [-0.3, -0.25) is 0 Å². The van der Waals surface area contributed by atoms with E-state index in [1.54, 1.807) is 0 Å². The Bertz CT molecular complexity index is 505. The fraction of sp³-hybridized carbons (Fsp3) is 0.625. The molecule has 10 nitrogen and oxygen atoms in total. The highest BCUT2D eigenvalue weighted by molar-refractivity contribution is 5.26. The Morgan fingerprint density at radius 1 is 1.28 bits per heavy atom. The quantitative estimate of drug-likeness (QED) is 0.360. The summed E-state index contributed by atoms with van der Waals surface area (Å²) in [5, 5.41) is 28.2. The average Bonchev–Trinajstić information content (AvgIpc) is 2.56. The number of ether oxygens (including phenoxy) is 1. The maximum absolute atomic E-state index is 11.6. The van der Waals surface area contributed by atoms with E-state index in [-0.39, 0.29) is 11.9 Å². The summed E-state index contributed by atoms with van der Waals surface area (Å²) < 4.78 is 5.90. The van der Waals surface area contributed by atoms with Crippen LogP contribution in [-0.2, 0) is 4.74 Å². The van der Waals surface area contributed by atoms with Crippen molar-refractivity contribution in [3.8, 4) is 0 Å². The highest BCUT2D eigenvalue weighted by Crippen LogP contribution is 2.29. The molecule has 4 atom stereocenters. The van der Waals surface area contributed by atoms with Crippen molar-refractivity contribution in [2.45, 2.75) is 24.5 Å². The molecule has 0 aliphatic carbocycles. The lowest BCUT2D eigenvalue weighted by atomic mass is 10.1. The summed E-state index contributed by atoms with van der Waals surface area (Å²) in [5.41, 5.74) is 9.86. The molecule has 7 N–H and O–H groups in total. The number of anilines is 2. The molecule has 2 heterocycles. The van der Waals surface area contributed by atoms with Crippen LogP contribution >= 0.6 is 0 Å². The largest absolute Gasteiger partial charge is 0.394 e. The number of aromatic nitrogens is 3. The lowest BCUT2D eigenvalue weighted by Gasteiger charge is -2.18. The number of aliphatic hydroxyl groups excluding tert-OH is 3. The Labute approximate surface area is 100 Å². The summed E-state index contributed by atoms with van der Waals surface area (Å²) in [6.07, 6.45) is -5.07. The summed E-state index contributed by atoms with van der Waals surface area (Å²) >= 11 is 0. The van der Waals surface area contributed by atoms with Gasteiger partial charge in [-0.2, -0.15) is 9.97 Å². The van der Waals surface area contributed by atoms with Gasteiger partial charge < -0.3 is 31.5 Å². The minimum atomic E-state index is -1.44. The summed E-state index contributed by atoms with van der Waals surface area (Å²) in [6.45, 7) is -0.515. The van der Waals surface area contributed by atoms with Gasteiger partial charge >= 0.3 is 5.69 Å². The lowest BCUT2D eigenvalue weighted by Crippen LogP contribution is -2.37. The highest BCUT2D eigenvalue weighted by Gasteiger charge is 2.44. The second-order valence-corrected chi connectivity index (χ2v) is 3.82. The molecule has 1 saturated heterocycles. The van der Waals surface area contributed by atoms with Gasteiger partial charge in [0.1, 0.15) is 18.3 Å². The number of rotatable bonds is 2. The van der Waals surface area contributed by atoms with Gasteiger partial charge in [-0.1, -0.05) is 0 Å². The Morgan fingerprint density at radius 2 is 1.94 bits per heavy atom. The van der Waals surface area contributed by atoms with Gasteiger partial charge in [0.25, 0.3) is 0 Å². The molecule has 2 rings (SSSR count). The third kappa shape index (κ3) is 1.90. The molecule has 1 fully saturated rings. The van der Waals surface area contributed by atoms with Crippen LogP contribution in [0.2, 0.25) is 0 Å². The molecule has 0 radical (unpaired) electrons. The van der Waals surface area contributed by atoms with Gasteiger partial charge in [-0.25, -0.2) is 9.36 Å². The van der Waals surface area contributed by atoms with E-state index >= 15 is 0 Å². The van der Waals surface area contributed by atoms with E-state index in [1.165, 1.54) is 0 Å². The van der Waals surface area contributed by atoms with Crippen molar-refractivity contribution in [3.63, 3.8) is 0 Å². The van der Waals surface area contributed by atoms with E-state index in [1.807, 2.05) is 0 Å². The average molecular weight is 259 g/mol. The molecule has 0 saturated carbocycles. The van der Waals surface area contributed by atoms with Crippen LogP contribution in [0.1, 0.15) is 6.23 Å². The Kier molecular flexibility index (Phi) is 3.17. The van der Waals surface area contributed by atoms with Crippen LogP contribution in [0.5, 0.6) is 0 Å². The Balaban J connectivity index is 2.42. The molecular weight excluding hydrogens is 246 g/mol. The highest BCUT2D eigenvalue weighted by atomic mass is 16.6. The topological polar surface area (TPSA) is 170 Å². The van der Waals surface area contributed by atoms with Crippen molar-refractivity contribution in [1.82, 2.24) is 14.5 Å². The van der Waals surface area contributed by atoms with Crippen LogP contribution in [0.4, 0.5) is 11.9 Å². The maximum atomic E-state index is 11.6. The molecule has 10 heteroatoms. The molecule has 18 heavy (non-hydrogen) atoms. The minimum absolute atomic E-state index is 0.303. The lowest BCUT2D eigenvalue weighted by molar-refractivity contribution is -0.0542. The van der Waals surface area contributed by atoms with E-state index in [0.717, 1.165) is 4.57 Å². The van der Waals surface area contributed by atoms with Crippen LogP contribution in [-0.4, -0.2) is 54.8 Å². The number of nitrogen functional groups attached to an aromatic ring is 2. The first-order valence-corrected chi connectivity index (χ1v) is 5.09. The summed E-state index contributed by atoms with van der Waals surface area (Å²) in [5.74, 6) is -0.608. The summed E-state index contributed by atoms with van der Waals surface area (Å²) in [7, 11) is 0. The van der Waals surface area contributed by atoms with E-state index in [9.17, 15) is 15.0 Å². The first-order chi connectivity index (χ1) is 8.45. The SMILES string of the molecule is Nc1nc(N)n(C2O[C@H](CO)C(O)C2O)c(=O)n1. The van der Waals surface area contributed by atoms with Gasteiger partial charge in [-0.15, -0.1) is 0 Å². The molecule has 0 amide bonds. The zero-order valence-corrected chi connectivity index (χ0v) is 9.17. The van der Waals surface area contributed by atoms with E-state index in [2.05, 4.69) is 9.97 Å². The molecule has 3 unspecified atom stereocenters. The van der Waals surface area contributed by atoms with Crippen LogP contribution in [0.25, 0.3) is 0 Å². The van der Waals surface area contributed by atoms with Gasteiger partial charge in [0.2, 0.25) is 11.9 Å². The second kappa shape index (κ2) is 4.49. The zero-order valence-electron chi connectivity index (χ0n) is 9.17. The predicted octanol–water partition coefficient (Wildman–Crippen LogP) is -3.59. The monoisotopic (exact) mass is 259 g/mol. The van der Waals surface area contributed by atoms with E-state index < -0.39 is 36.8 Å². The van der Waals surface area contributed by atoms with Crippen LogP contribution < -0.4 is 17.2 Å². The van der Waals surface area contributed by atoms with Gasteiger partial charge in [0, 0.05) is 0 Å². The van der Waals surface area contributed by atoms with Crippen LogP contribution in [0.15, 0.2) is 4.79 Å². The third-order valence-electron chi connectivity index (χ3n) is 2.66. The number of aliphatic hydroxyl groups is 3. The minimum Gasteiger partial charge on any atom is -0.394 e. The van der Waals surface area contributed by atoms with Crippen molar-refractivity contribution >= 4 is 11.9 Å². The van der Waals surface area contributed by atoms with E-state index in [0.29, 0.717) is 0 Å². The van der Waals surface area contributed by atoms with Crippen LogP contribution in [0.3, 0.4) is 0 Å². The van der Waals surface area contributed by atoms with Gasteiger partial charge in [0.15, 0.2) is 6.23 Å². The van der Waals surface area contributed by atoms with Crippen molar-refractivity contribution in [1.29, 1.82) is 0 Å². The molecule has 1 aromatic rings. The zero-order chi connectivity index (χ0) is 13.4. The van der Waals surface area contributed by atoms with Crippen molar-refractivity contribution in [3.05, 3.63) is 10.5 Å². The smallest absolute Gasteiger partial charge is 0.355 e. The fourth-order valence-electron chi connectivity index (χ4n) is 1.78. The van der Waals surface area contributed by atoms with Crippen molar-refractivity contribution in [2.24, 2.45) is 0 Å². The predicted molar refractivity (Wildman–Crippen MR) is 58.1 cm³/mol. The van der Waals surface area contributed by atoms with Crippen LogP contribution in [0, 0.1) is 0 Å². The Morgan fingerprint density at radius 3 is 2.44 bits per heavy atom. The first kappa shape index (κ1) is 12.7. The van der Waals surface area contributed by atoms with Gasteiger partial charge in [0.05, 0.1) is 6.61 Å². The van der Waals surface area contributed by atoms with E-state index in [4.69, 9.17) is 21.3 Å². The summed E-state index contributed by atoms with van der Waals surface area (Å²) in [6, 6.07) is 0. The van der Waals surface area contributed by atoms with Gasteiger partial charge in [-0.05, 0) is 0 Å². The fourth-order valence-corrected chi connectivity index (χ4v) is 1.78. The molecule has 0 spiro atoms. The first-order valence-electron chi connectivity index (χ1n) is 5.09. The molecule has 1 aliphatic rings. The molecule has 0 bridgehead atoms. The molecule has 1 aromatic heterocycles. The summed E-state index contributed by atoms with van der Waals surface area (Å²) in [4.78, 5) is 18.5. The number of hydrogen-bond donors (Lipinski definition) is 5. The normalized spacial score (nSPS) is 31.7. The third-order valence-corrected chi connectivity index (χ3v) is 2.66. The molecular formula is C8H13N5O5. The Hall–Kier alpha value is -1.75. The molecule has 100 valence electrons. The number of nitrogens with two attached hydrogens (primary N) is 2. The molecule has 0 aromatic carbocycles. The van der Waals surface area contributed by atoms with Crippen molar-refractivity contribution in [2.75, 3.05) is 18.1 Å². The maximum Gasteiger partial charge on any atom is 0.355 e. The number of hydrogen-bond acceptors (Lipinski definition) is 9. The standard InChI is InChI=1S/C8H13N5O5/c9-6-11-7(10)13(8(17)12-6)5-4(16)3(15)2(1-14)18-5/h2-5,14-16H,1H2,(H4,9,10,11,12,17)/t2-,3?,4?,5?/m1/s1. The number of nitrogens with zero attached hydrogens (tertiary/aromatic N) is 3. The second-order valence-electron chi connectivity index (χ2n) is 3.82. The molecule has 1 aliphatic heterocycles. The van der Waals surface area contributed by atoms with Crippen molar-refractivity contribution < 1.29 is 20.1 Å².